The normalized spacial score (nSPS) is 14.6. The monoisotopic (exact) mass is 376 g/mol. The van der Waals surface area contributed by atoms with Crippen molar-refractivity contribution in [2.24, 2.45) is 0 Å². The lowest BCUT2D eigenvalue weighted by Crippen LogP contribution is -2.30. The first-order chi connectivity index (χ1) is 13.7. The van der Waals surface area contributed by atoms with E-state index < -0.39 is 0 Å². The van der Waals surface area contributed by atoms with Crippen LogP contribution in [0.4, 0.5) is 11.4 Å². The second-order valence-electron chi connectivity index (χ2n) is 7.16. The van der Waals surface area contributed by atoms with Gasteiger partial charge in [-0.05, 0) is 31.0 Å². The van der Waals surface area contributed by atoms with E-state index in [1.165, 1.54) is 30.4 Å². The summed E-state index contributed by atoms with van der Waals surface area (Å²) < 4.78 is 1.21. The number of hydrogen-bond donors (Lipinski definition) is 1. The van der Waals surface area contributed by atoms with Crippen molar-refractivity contribution < 1.29 is 4.79 Å². The molecule has 1 aliphatic rings. The standard InChI is InChI=1S/C22H24N4O2/c27-21(16-26-22(28)18-10-4-3-9-17(18)15-23-26)24-19-11-5-6-12-20(19)25-13-7-1-2-8-14-25/h3-6,9-12,15H,1-2,7-8,13-14,16H2,(H,24,27). The van der Waals surface area contributed by atoms with Crippen molar-refractivity contribution in [1.29, 1.82) is 0 Å². The summed E-state index contributed by atoms with van der Waals surface area (Å²) >= 11 is 0. The van der Waals surface area contributed by atoms with E-state index in [4.69, 9.17) is 0 Å². The summed E-state index contributed by atoms with van der Waals surface area (Å²) in [4.78, 5) is 27.6. The largest absolute Gasteiger partial charge is 0.370 e. The van der Waals surface area contributed by atoms with Crippen molar-refractivity contribution in [1.82, 2.24) is 9.78 Å². The highest BCUT2D eigenvalue weighted by Crippen LogP contribution is 2.27. The minimum absolute atomic E-state index is 0.113. The van der Waals surface area contributed by atoms with E-state index in [-0.39, 0.29) is 18.0 Å². The quantitative estimate of drug-likeness (QED) is 0.758. The Balaban J connectivity index is 1.53. The summed E-state index contributed by atoms with van der Waals surface area (Å²) in [6.07, 6.45) is 6.45. The fraction of sp³-hybridized carbons (Fsp3) is 0.318. The van der Waals surface area contributed by atoms with Crippen LogP contribution in [0.5, 0.6) is 0 Å². The van der Waals surface area contributed by atoms with Gasteiger partial charge in [0.05, 0.1) is 23.0 Å². The van der Waals surface area contributed by atoms with E-state index in [9.17, 15) is 9.59 Å². The summed E-state index contributed by atoms with van der Waals surface area (Å²) in [6.45, 7) is 1.88. The summed E-state index contributed by atoms with van der Waals surface area (Å²) in [5.74, 6) is -0.257. The fourth-order valence-corrected chi connectivity index (χ4v) is 3.73. The Bertz CT molecular complexity index is 1040. The number of anilines is 2. The Labute approximate surface area is 163 Å². The van der Waals surface area contributed by atoms with E-state index in [1.807, 2.05) is 42.5 Å². The first kappa shape index (κ1) is 18.2. The van der Waals surface area contributed by atoms with E-state index in [0.29, 0.717) is 5.39 Å². The number of amides is 1. The van der Waals surface area contributed by atoms with Crippen LogP contribution in [0.2, 0.25) is 0 Å². The second kappa shape index (κ2) is 8.25. The Kier molecular flexibility index (Phi) is 5.37. The molecule has 6 heteroatoms. The third-order valence-electron chi connectivity index (χ3n) is 5.18. The summed E-state index contributed by atoms with van der Waals surface area (Å²) in [6, 6.07) is 15.1. The second-order valence-corrected chi connectivity index (χ2v) is 7.16. The van der Waals surface area contributed by atoms with Crippen molar-refractivity contribution in [2.45, 2.75) is 32.2 Å². The predicted octanol–water partition coefficient (Wildman–Crippen LogP) is 3.42. The van der Waals surface area contributed by atoms with Gasteiger partial charge in [0.1, 0.15) is 6.54 Å². The molecule has 0 spiro atoms. The van der Waals surface area contributed by atoms with Gasteiger partial charge >= 0.3 is 0 Å². The topological polar surface area (TPSA) is 67.2 Å². The number of fused-ring (bicyclic) bond motifs is 1. The van der Waals surface area contributed by atoms with Crippen molar-refractivity contribution in [3.63, 3.8) is 0 Å². The van der Waals surface area contributed by atoms with Crippen LogP contribution in [0.3, 0.4) is 0 Å². The molecule has 0 saturated carbocycles. The summed E-state index contributed by atoms with van der Waals surface area (Å²) in [7, 11) is 0. The molecule has 1 N–H and O–H groups in total. The number of hydrogen-bond acceptors (Lipinski definition) is 4. The maximum atomic E-state index is 12.6. The lowest BCUT2D eigenvalue weighted by Gasteiger charge is -2.25. The van der Waals surface area contributed by atoms with Gasteiger partial charge in [0.15, 0.2) is 0 Å². The van der Waals surface area contributed by atoms with Crippen LogP contribution in [0.1, 0.15) is 25.7 Å². The molecule has 1 aromatic heterocycles. The van der Waals surface area contributed by atoms with Gasteiger partial charge in [-0.15, -0.1) is 0 Å². The Morgan fingerprint density at radius 3 is 2.50 bits per heavy atom. The lowest BCUT2D eigenvalue weighted by molar-refractivity contribution is -0.117. The van der Waals surface area contributed by atoms with Crippen molar-refractivity contribution in [3.8, 4) is 0 Å². The number of carbonyl (C=O) groups excluding carboxylic acids is 1. The van der Waals surface area contributed by atoms with Gasteiger partial charge < -0.3 is 10.2 Å². The Morgan fingerprint density at radius 2 is 1.68 bits per heavy atom. The highest BCUT2D eigenvalue weighted by molar-refractivity contribution is 5.94. The molecular formula is C22H24N4O2. The van der Waals surface area contributed by atoms with Gasteiger partial charge in [-0.1, -0.05) is 43.2 Å². The van der Waals surface area contributed by atoms with Gasteiger partial charge in [-0.25, -0.2) is 4.68 Å². The van der Waals surface area contributed by atoms with Gasteiger partial charge in [-0.2, -0.15) is 5.10 Å². The minimum atomic E-state index is -0.257. The third-order valence-corrected chi connectivity index (χ3v) is 5.18. The van der Waals surface area contributed by atoms with Crippen LogP contribution in [0.15, 0.2) is 59.5 Å². The number of rotatable bonds is 4. The molecule has 3 aromatic rings. The molecular weight excluding hydrogens is 352 g/mol. The molecule has 0 bridgehead atoms. The molecule has 144 valence electrons. The lowest BCUT2D eigenvalue weighted by atomic mass is 10.2. The summed E-state index contributed by atoms with van der Waals surface area (Å²) in [5.41, 5.74) is 1.56. The van der Waals surface area contributed by atoms with E-state index in [1.54, 1.807) is 12.3 Å². The molecule has 0 unspecified atom stereocenters. The fourth-order valence-electron chi connectivity index (χ4n) is 3.73. The van der Waals surface area contributed by atoms with Gasteiger partial charge in [0, 0.05) is 18.5 Å². The summed E-state index contributed by atoms with van der Waals surface area (Å²) in [5, 5.41) is 8.46. The van der Waals surface area contributed by atoms with Crippen LogP contribution >= 0.6 is 0 Å². The molecule has 1 fully saturated rings. The maximum absolute atomic E-state index is 12.6. The van der Waals surface area contributed by atoms with Crippen LogP contribution < -0.4 is 15.8 Å². The molecule has 1 saturated heterocycles. The number of carbonyl (C=O) groups is 1. The van der Waals surface area contributed by atoms with Crippen molar-refractivity contribution >= 4 is 28.1 Å². The number of nitrogens with one attached hydrogen (secondary N) is 1. The molecule has 1 amide bonds. The number of benzene rings is 2. The zero-order valence-corrected chi connectivity index (χ0v) is 15.8. The van der Waals surface area contributed by atoms with E-state index in [0.717, 1.165) is 29.9 Å². The molecule has 6 nitrogen and oxygen atoms in total. The SMILES string of the molecule is O=C(Cn1ncc2ccccc2c1=O)Nc1ccccc1N1CCCCCC1. The molecule has 0 radical (unpaired) electrons. The smallest absolute Gasteiger partial charge is 0.275 e. The van der Waals surface area contributed by atoms with Gasteiger partial charge in [-0.3, -0.25) is 9.59 Å². The average Bonchev–Trinajstić information content (AvgIpc) is 3.00. The van der Waals surface area contributed by atoms with E-state index in [2.05, 4.69) is 15.3 Å². The predicted molar refractivity (Wildman–Crippen MR) is 112 cm³/mol. The maximum Gasteiger partial charge on any atom is 0.275 e. The minimum Gasteiger partial charge on any atom is -0.370 e. The molecule has 1 aliphatic heterocycles. The molecule has 0 atom stereocenters. The number of aromatic nitrogens is 2. The van der Waals surface area contributed by atoms with Crippen LogP contribution in [-0.2, 0) is 11.3 Å². The average molecular weight is 376 g/mol. The molecule has 2 heterocycles. The highest BCUT2D eigenvalue weighted by Gasteiger charge is 2.15. The Hall–Kier alpha value is -3.15. The molecule has 2 aromatic carbocycles. The Morgan fingerprint density at radius 1 is 0.964 bits per heavy atom. The van der Waals surface area contributed by atoms with Crippen LogP contribution in [-0.4, -0.2) is 28.8 Å². The zero-order chi connectivity index (χ0) is 19.3. The molecule has 0 aliphatic carbocycles. The zero-order valence-electron chi connectivity index (χ0n) is 15.8. The van der Waals surface area contributed by atoms with Crippen molar-refractivity contribution in [3.05, 3.63) is 65.1 Å². The first-order valence-electron chi connectivity index (χ1n) is 9.81. The van der Waals surface area contributed by atoms with Crippen molar-refractivity contribution in [2.75, 3.05) is 23.3 Å². The third kappa shape index (κ3) is 3.91. The first-order valence-corrected chi connectivity index (χ1v) is 9.81. The van der Waals surface area contributed by atoms with Gasteiger partial charge in [0.25, 0.3) is 5.56 Å². The van der Waals surface area contributed by atoms with Gasteiger partial charge in [0.2, 0.25) is 5.91 Å². The number of para-hydroxylation sites is 2. The number of nitrogens with zero attached hydrogens (tertiary/aromatic N) is 3. The molecule has 28 heavy (non-hydrogen) atoms. The van der Waals surface area contributed by atoms with Crippen LogP contribution in [0.25, 0.3) is 10.8 Å². The van der Waals surface area contributed by atoms with E-state index >= 15 is 0 Å². The molecule has 4 rings (SSSR count). The van der Waals surface area contributed by atoms with Crippen LogP contribution in [0, 0.1) is 0 Å². The highest BCUT2D eigenvalue weighted by atomic mass is 16.2.